The fourth-order valence-electron chi connectivity index (χ4n) is 2.08. The Morgan fingerprint density at radius 1 is 1.29 bits per heavy atom. The standard InChI is InChI=1S/C17H32N2O2/c1-16(2,3)9-10-18-13-14-7-11-19(12-8-14)15(20)21-17(4,5)6/h7,18H,8-13H2,1-6H3. The SMILES string of the molecule is CC(C)(C)CCNCC1=CCN(C(=O)OC(C)(C)C)CC1. The highest BCUT2D eigenvalue weighted by molar-refractivity contribution is 5.68. The van der Waals surface area contributed by atoms with Crippen molar-refractivity contribution in [2.45, 2.75) is 60.0 Å². The zero-order valence-electron chi connectivity index (χ0n) is 14.6. The number of hydrogen-bond donors (Lipinski definition) is 1. The van der Waals surface area contributed by atoms with E-state index in [1.165, 1.54) is 12.0 Å². The molecule has 0 aliphatic carbocycles. The van der Waals surface area contributed by atoms with Crippen molar-refractivity contribution in [3.8, 4) is 0 Å². The number of nitrogens with zero attached hydrogens (tertiary/aromatic N) is 1. The fraction of sp³-hybridized carbons (Fsp3) is 0.824. The maximum Gasteiger partial charge on any atom is 0.410 e. The zero-order chi connectivity index (χ0) is 16.1. The largest absolute Gasteiger partial charge is 0.444 e. The van der Waals surface area contributed by atoms with Crippen molar-refractivity contribution < 1.29 is 9.53 Å². The van der Waals surface area contributed by atoms with Crippen LogP contribution in [0.1, 0.15) is 54.4 Å². The number of hydrogen-bond acceptors (Lipinski definition) is 3. The van der Waals surface area contributed by atoms with Gasteiger partial charge in [-0.2, -0.15) is 0 Å². The predicted octanol–water partition coefficient (Wildman–Crippen LogP) is 3.58. The highest BCUT2D eigenvalue weighted by Crippen LogP contribution is 2.18. The summed E-state index contributed by atoms with van der Waals surface area (Å²) in [5.41, 5.74) is 1.35. The number of ether oxygens (including phenoxy) is 1. The lowest BCUT2D eigenvalue weighted by Crippen LogP contribution is -2.40. The van der Waals surface area contributed by atoms with Gasteiger partial charge in [0.1, 0.15) is 5.60 Å². The molecule has 0 saturated heterocycles. The molecular formula is C17H32N2O2. The van der Waals surface area contributed by atoms with Crippen molar-refractivity contribution in [1.29, 1.82) is 0 Å². The molecule has 0 atom stereocenters. The van der Waals surface area contributed by atoms with Crippen molar-refractivity contribution in [3.63, 3.8) is 0 Å². The van der Waals surface area contributed by atoms with Gasteiger partial charge in [0.2, 0.25) is 0 Å². The molecule has 1 N–H and O–H groups in total. The van der Waals surface area contributed by atoms with Crippen LogP contribution >= 0.6 is 0 Å². The molecule has 1 aliphatic rings. The van der Waals surface area contributed by atoms with Gasteiger partial charge < -0.3 is 15.0 Å². The van der Waals surface area contributed by atoms with E-state index in [9.17, 15) is 4.79 Å². The summed E-state index contributed by atoms with van der Waals surface area (Å²) in [6.07, 6.45) is 4.04. The first-order valence-corrected chi connectivity index (χ1v) is 7.93. The van der Waals surface area contributed by atoms with Crippen molar-refractivity contribution in [3.05, 3.63) is 11.6 Å². The molecular weight excluding hydrogens is 264 g/mol. The Balaban J connectivity index is 2.29. The Morgan fingerprint density at radius 3 is 2.43 bits per heavy atom. The van der Waals surface area contributed by atoms with Crippen LogP contribution in [0.5, 0.6) is 0 Å². The molecule has 122 valence electrons. The van der Waals surface area contributed by atoms with Crippen LogP contribution in [0, 0.1) is 5.41 Å². The minimum Gasteiger partial charge on any atom is -0.444 e. The number of rotatable bonds is 4. The van der Waals surface area contributed by atoms with E-state index < -0.39 is 5.60 Å². The maximum atomic E-state index is 11.9. The lowest BCUT2D eigenvalue weighted by Gasteiger charge is -2.29. The molecule has 0 aromatic carbocycles. The molecule has 21 heavy (non-hydrogen) atoms. The Labute approximate surface area is 129 Å². The van der Waals surface area contributed by atoms with E-state index in [1.807, 2.05) is 20.8 Å². The van der Waals surface area contributed by atoms with Gasteiger partial charge in [0.25, 0.3) is 0 Å². The summed E-state index contributed by atoms with van der Waals surface area (Å²) in [7, 11) is 0. The average molecular weight is 296 g/mol. The van der Waals surface area contributed by atoms with Crippen LogP contribution < -0.4 is 5.32 Å². The molecule has 0 aromatic rings. The predicted molar refractivity (Wildman–Crippen MR) is 87.4 cm³/mol. The second kappa shape index (κ2) is 7.30. The van der Waals surface area contributed by atoms with E-state index >= 15 is 0 Å². The molecule has 1 heterocycles. The van der Waals surface area contributed by atoms with Crippen LogP contribution in [0.3, 0.4) is 0 Å². The van der Waals surface area contributed by atoms with E-state index in [1.54, 1.807) is 4.90 Å². The molecule has 0 fully saturated rings. The Morgan fingerprint density at radius 2 is 1.95 bits per heavy atom. The van der Waals surface area contributed by atoms with Crippen molar-refractivity contribution in [2.24, 2.45) is 5.41 Å². The van der Waals surface area contributed by atoms with E-state index in [-0.39, 0.29) is 6.09 Å². The van der Waals surface area contributed by atoms with Gasteiger partial charge in [-0.25, -0.2) is 4.79 Å². The minimum absolute atomic E-state index is 0.210. The van der Waals surface area contributed by atoms with E-state index in [4.69, 9.17) is 4.74 Å². The third-order valence-corrected chi connectivity index (χ3v) is 3.36. The third-order valence-electron chi connectivity index (χ3n) is 3.36. The Hall–Kier alpha value is -1.03. The van der Waals surface area contributed by atoms with Crippen molar-refractivity contribution in [1.82, 2.24) is 10.2 Å². The lowest BCUT2D eigenvalue weighted by atomic mass is 9.92. The van der Waals surface area contributed by atoms with E-state index in [2.05, 4.69) is 32.2 Å². The summed E-state index contributed by atoms with van der Waals surface area (Å²) in [4.78, 5) is 13.7. The molecule has 0 radical (unpaired) electrons. The maximum absolute atomic E-state index is 11.9. The molecule has 0 aromatic heterocycles. The number of carbonyl (C=O) groups excluding carboxylic acids is 1. The first-order valence-electron chi connectivity index (χ1n) is 7.93. The molecule has 0 bridgehead atoms. The highest BCUT2D eigenvalue weighted by Gasteiger charge is 2.23. The molecule has 0 unspecified atom stereocenters. The minimum atomic E-state index is -0.421. The van der Waals surface area contributed by atoms with Crippen LogP contribution in [0.2, 0.25) is 0 Å². The molecule has 4 nitrogen and oxygen atoms in total. The monoisotopic (exact) mass is 296 g/mol. The van der Waals surface area contributed by atoms with Crippen LogP contribution in [0.15, 0.2) is 11.6 Å². The van der Waals surface area contributed by atoms with E-state index in [0.717, 1.165) is 26.1 Å². The first kappa shape index (κ1) is 18.0. The number of carbonyl (C=O) groups is 1. The van der Waals surface area contributed by atoms with Crippen LogP contribution in [0.4, 0.5) is 4.79 Å². The molecule has 1 aliphatic heterocycles. The summed E-state index contributed by atoms with van der Waals surface area (Å²) in [6, 6.07) is 0. The second-order valence-electron chi connectivity index (χ2n) is 8.03. The van der Waals surface area contributed by atoms with Crippen molar-refractivity contribution in [2.75, 3.05) is 26.2 Å². The van der Waals surface area contributed by atoms with Gasteiger partial charge in [-0.05, 0) is 45.6 Å². The van der Waals surface area contributed by atoms with Gasteiger partial charge in [0.05, 0.1) is 0 Å². The topological polar surface area (TPSA) is 41.6 Å². The van der Waals surface area contributed by atoms with Gasteiger partial charge in [0, 0.05) is 19.6 Å². The normalized spacial score (nSPS) is 16.7. The summed E-state index contributed by atoms with van der Waals surface area (Å²) in [5.74, 6) is 0. The fourth-order valence-corrected chi connectivity index (χ4v) is 2.08. The van der Waals surface area contributed by atoms with Crippen LogP contribution in [0.25, 0.3) is 0 Å². The molecule has 4 heteroatoms. The molecule has 1 amide bonds. The zero-order valence-corrected chi connectivity index (χ0v) is 14.6. The average Bonchev–Trinajstić information content (AvgIpc) is 2.32. The number of amides is 1. The Kier molecular flexibility index (Phi) is 6.26. The van der Waals surface area contributed by atoms with E-state index in [0.29, 0.717) is 12.0 Å². The highest BCUT2D eigenvalue weighted by atomic mass is 16.6. The molecule has 0 saturated carbocycles. The molecule has 0 spiro atoms. The van der Waals surface area contributed by atoms with Gasteiger partial charge >= 0.3 is 6.09 Å². The van der Waals surface area contributed by atoms with Gasteiger partial charge in [-0.3, -0.25) is 0 Å². The molecule has 1 rings (SSSR count). The van der Waals surface area contributed by atoms with Crippen LogP contribution in [-0.4, -0.2) is 42.8 Å². The summed E-state index contributed by atoms with van der Waals surface area (Å²) in [6.45, 7) is 15.8. The van der Waals surface area contributed by atoms with Crippen molar-refractivity contribution >= 4 is 6.09 Å². The van der Waals surface area contributed by atoms with Crippen LogP contribution in [-0.2, 0) is 4.74 Å². The Bertz CT molecular complexity index is 375. The second-order valence-corrected chi connectivity index (χ2v) is 8.03. The first-order chi connectivity index (χ1) is 9.57. The van der Waals surface area contributed by atoms with Gasteiger partial charge in [0.15, 0.2) is 0 Å². The van der Waals surface area contributed by atoms with Gasteiger partial charge in [-0.15, -0.1) is 0 Å². The number of nitrogens with one attached hydrogen (secondary N) is 1. The summed E-state index contributed by atoms with van der Waals surface area (Å²) < 4.78 is 5.39. The summed E-state index contributed by atoms with van der Waals surface area (Å²) in [5, 5.41) is 3.49. The quantitative estimate of drug-likeness (QED) is 0.637. The lowest BCUT2D eigenvalue weighted by molar-refractivity contribution is 0.0265. The summed E-state index contributed by atoms with van der Waals surface area (Å²) >= 11 is 0. The third kappa shape index (κ3) is 8.10. The smallest absolute Gasteiger partial charge is 0.410 e. The van der Waals surface area contributed by atoms with Gasteiger partial charge in [-0.1, -0.05) is 32.4 Å².